The van der Waals surface area contributed by atoms with Crippen molar-refractivity contribution in [3.8, 4) is 0 Å². The molecule has 2 atom stereocenters. The van der Waals surface area contributed by atoms with Gasteiger partial charge < -0.3 is 4.90 Å². The Labute approximate surface area is 150 Å². The van der Waals surface area contributed by atoms with Crippen LogP contribution >= 0.6 is 15.9 Å². The summed E-state index contributed by atoms with van der Waals surface area (Å²) >= 11 is 3.25. The number of halogens is 2. The predicted octanol–water partition coefficient (Wildman–Crippen LogP) is 2.75. The van der Waals surface area contributed by atoms with Gasteiger partial charge in [0.05, 0.1) is 17.8 Å². The van der Waals surface area contributed by atoms with Crippen molar-refractivity contribution in [1.29, 1.82) is 0 Å². The van der Waals surface area contributed by atoms with Crippen LogP contribution in [0.2, 0.25) is 0 Å². The highest BCUT2D eigenvalue weighted by molar-refractivity contribution is 9.10. The molecule has 2 unspecified atom stereocenters. The topological polar surface area (TPSA) is 55.2 Å². The normalized spacial score (nSPS) is 21.0. The Morgan fingerprint density at radius 2 is 2.29 bits per heavy atom. The van der Waals surface area contributed by atoms with E-state index in [1.807, 2.05) is 13.1 Å². The lowest BCUT2D eigenvalue weighted by molar-refractivity contribution is 0.0698. The zero-order valence-electron chi connectivity index (χ0n) is 13.1. The van der Waals surface area contributed by atoms with Crippen molar-refractivity contribution in [2.75, 3.05) is 18.1 Å². The molecular formula is C16H17BrFN3O2S. The van der Waals surface area contributed by atoms with Gasteiger partial charge in [-0.25, -0.2) is 4.39 Å². The summed E-state index contributed by atoms with van der Waals surface area (Å²) in [5.41, 5.74) is 1.27. The number of hydrogen-bond acceptors (Lipinski definition) is 3. The highest BCUT2D eigenvalue weighted by Gasteiger charge is 2.33. The first-order valence-corrected chi connectivity index (χ1v) is 9.91. The molecule has 0 aliphatic carbocycles. The van der Waals surface area contributed by atoms with Crippen molar-refractivity contribution in [2.45, 2.75) is 19.5 Å². The van der Waals surface area contributed by atoms with Crippen molar-refractivity contribution in [3.63, 3.8) is 0 Å². The quantitative estimate of drug-likeness (QED) is 0.776. The third kappa shape index (κ3) is 3.44. The minimum atomic E-state index is -0.969. The molecule has 24 heavy (non-hydrogen) atoms. The molecule has 1 aliphatic rings. The van der Waals surface area contributed by atoms with Crippen LogP contribution in [0.4, 0.5) is 4.39 Å². The standard InChI is InChI=1S/C16H17BrFN3O2S/c1-2-20-9-11(8-19-20)15-10-24(23)6-5-21(15)16(22)13-4-3-12(18)7-14(13)17/h3-4,7-9,15H,2,5-6,10H2,1H3. The van der Waals surface area contributed by atoms with Crippen LogP contribution in [-0.4, -0.2) is 42.8 Å². The minimum absolute atomic E-state index is 0.201. The van der Waals surface area contributed by atoms with Crippen molar-refractivity contribution in [3.05, 3.63) is 52.0 Å². The number of amides is 1. The Morgan fingerprint density at radius 1 is 1.50 bits per heavy atom. The van der Waals surface area contributed by atoms with Crippen LogP contribution in [0, 0.1) is 5.82 Å². The van der Waals surface area contributed by atoms with E-state index in [4.69, 9.17) is 0 Å². The first kappa shape index (κ1) is 17.3. The fourth-order valence-electron chi connectivity index (χ4n) is 2.77. The Hall–Kier alpha value is -1.54. The van der Waals surface area contributed by atoms with E-state index in [9.17, 15) is 13.4 Å². The highest BCUT2D eigenvalue weighted by Crippen LogP contribution is 2.29. The molecule has 128 valence electrons. The van der Waals surface area contributed by atoms with Crippen LogP contribution in [0.15, 0.2) is 35.1 Å². The SMILES string of the molecule is CCn1cc(C2CS(=O)CCN2C(=O)c2ccc(F)cc2Br)cn1. The summed E-state index contributed by atoms with van der Waals surface area (Å²) < 4.78 is 27.5. The summed E-state index contributed by atoms with van der Waals surface area (Å²) in [6.07, 6.45) is 3.60. The summed E-state index contributed by atoms with van der Waals surface area (Å²) in [4.78, 5) is 14.7. The molecule has 0 spiro atoms. The molecule has 1 aliphatic heterocycles. The van der Waals surface area contributed by atoms with Gasteiger partial charge in [-0.15, -0.1) is 0 Å². The van der Waals surface area contributed by atoms with E-state index in [0.717, 1.165) is 12.1 Å². The lowest BCUT2D eigenvalue weighted by Crippen LogP contribution is -2.44. The average Bonchev–Trinajstić information content (AvgIpc) is 3.03. The Balaban J connectivity index is 1.93. The molecular weight excluding hydrogens is 397 g/mol. The average molecular weight is 414 g/mol. The fraction of sp³-hybridized carbons (Fsp3) is 0.375. The second-order valence-corrected chi connectivity index (χ2v) is 8.05. The van der Waals surface area contributed by atoms with Crippen molar-refractivity contribution in [2.24, 2.45) is 0 Å². The van der Waals surface area contributed by atoms with E-state index in [-0.39, 0.29) is 11.9 Å². The van der Waals surface area contributed by atoms with Crippen LogP contribution in [0.25, 0.3) is 0 Å². The molecule has 1 fully saturated rings. The van der Waals surface area contributed by atoms with E-state index in [0.29, 0.717) is 28.1 Å². The molecule has 1 aromatic carbocycles. The lowest BCUT2D eigenvalue weighted by atomic mass is 10.1. The van der Waals surface area contributed by atoms with Gasteiger partial charge in [0.25, 0.3) is 5.91 Å². The summed E-state index contributed by atoms with van der Waals surface area (Å²) in [6, 6.07) is 3.73. The van der Waals surface area contributed by atoms with Gasteiger partial charge in [-0.05, 0) is 41.1 Å². The second kappa shape index (κ2) is 7.14. The van der Waals surface area contributed by atoms with E-state index in [1.54, 1.807) is 15.8 Å². The second-order valence-electron chi connectivity index (χ2n) is 5.58. The van der Waals surface area contributed by atoms with Crippen LogP contribution < -0.4 is 0 Å². The molecule has 1 aromatic heterocycles. The third-order valence-electron chi connectivity index (χ3n) is 4.06. The maximum Gasteiger partial charge on any atom is 0.255 e. The van der Waals surface area contributed by atoms with E-state index in [2.05, 4.69) is 21.0 Å². The van der Waals surface area contributed by atoms with Crippen molar-refractivity contribution < 1.29 is 13.4 Å². The number of carbonyl (C=O) groups is 1. The summed E-state index contributed by atoms with van der Waals surface area (Å²) in [6.45, 7) is 3.11. The van der Waals surface area contributed by atoms with Crippen molar-refractivity contribution >= 4 is 32.6 Å². The Bertz CT molecular complexity index is 795. The predicted molar refractivity (Wildman–Crippen MR) is 93.7 cm³/mol. The van der Waals surface area contributed by atoms with Crippen molar-refractivity contribution in [1.82, 2.24) is 14.7 Å². The Morgan fingerprint density at radius 3 is 2.96 bits per heavy atom. The summed E-state index contributed by atoms with van der Waals surface area (Å²) in [7, 11) is -0.969. The number of aryl methyl sites for hydroxylation is 1. The van der Waals surface area contributed by atoms with Gasteiger partial charge in [0.1, 0.15) is 5.82 Å². The number of benzene rings is 1. The molecule has 0 saturated carbocycles. The molecule has 0 N–H and O–H groups in total. The van der Waals surface area contributed by atoms with Gasteiger partial charge in [-0.3, -0.25) is 13.7 Å². The minimum Gasteiger partial charge on any atom is -0.330 e. The van der Waals surface area contributed by atoms with Crippen LogP contribution in [0.1, 0.15) is 28.9 Å². The van der Waals surface area contributed by atoms with Gasteiger partial charge in [-0.1, -0.05) is 0 Å². The zero-order valence-corrected chi connectivity index (χ0v) is 15.5. The van der Waals surface area contributed by atoms with Gasteiger partial charge in [0.15, 0.2) is 0 Å². The third-order valence-corrected chi connectivity index (χ3v) is 6.05. The molecule has 2 heterocycles. The van der Waals surface area contributed by atoms with E-state index in [1.165, 1.54) is 18.2 Å². The van der Waals surface area contributed by atoms with Gasteiger partial charge in [-0.2, -0.15) is 5.10 Å². The lowest BCUT2D eigenvalue weighted by Gasteiger charge is -2.35. The van der Waals surface area contributed by atoms with E-state index < -0.39 is 16.6 Å². The highest BCUT2D eigenvalue weighted by atomic mass is 79.9. The smallest absolute Gasteiger partial charge is 0.255 e. The van der Waals surface area contributed by atoms with Crippen LogP contribution in [0.5, 0.6) is 0 Å². The summed E-state index contributed by atoms with van der Waals surface area (Å²) in [5.74, 6) is 0.231. The molecule has 8 heteroatoms. The largest absolute Gasteiger partial charge is 0.330 e. The van der Waals surface area contributed by atoms with Gasteiger partial charge in [0, 0.05) is 51.6 Å². The van der Waals surface area contributed by atoms with Crippen LogP contribution in [0.3, 0.4) is 0 Å². The monoisotopic (exact) mass is 413 g/mol. The fourth-order valence-corrected chi connectivity index (χ4v) is 4.58. The van der Waals surface area contributed by atoms with Gasteiger partial charge >= 0.3 is 0 Å². The van der Waals surface area contributed by atoms with Crippen LogP contribution in [-0.2, 0) is 17.3 Å². The number of nitrogens with zero attached hydrogens (tertiary/aromatic N) is 3. The first-order valence-electron chi connectivity index (χ1n) is 7.63. The maximum absolute atomic E-state index is 13.3. The number of hydrogen-bond donors (Lipinski definition) is 0. The zero-order chi connectivity index (χ0) is 17.3. The number of carbonyl (C=O) groups excluding carboxylic acids is 1. The molecule has 1 amide bonds. The van der Waals surface area contributed by atoms with Gasteiger partial charge in [0.2, 0.25) is 0 Å². The molecule has 1 saturated heterocycles. The summed E-state index contributed by atoms with van der Waals surface area (Å²) in [5, 5.41) is 4.25. The number of aromatic nitrogens is 2. The molecule has 0 bridgehead atoms. The molecule has 2 aromatic rings. The molecule has 5 nitrogen and oxygen atoms in total. The molecule has 3 rings (SSSR count). The molecule has 0 radical (unpaired) electrons. The maximum atomic E-state index is 13.3. The van der Waals surface area contributed by atoms with E-state index >= 15 is 0 Å². The number of rotatable bonds is 3. The first-order chi connectivity index (χ1) is 11.5. The Kier molecular flexibility index (Phi) is 5.15.